The van der Waals surface area contributed by atoms with Gasteiger partial charge in [-0.05, 0) is 32.4 Å². The van der Waals surface area contributed by atoms with Crippen LogP contribution >= 0.6 is 0 Å². The minimum atomic E-state index is -0.118. The Balaban J connectivity index is 2.93. The third-order valence-corrected chi connectivity index (χ3v) is 3.36. The molecule has 0 aliphatic carbocycles. The van der Waals surface area contributed by atoms with E-state index < -0.39 is 0 Å². The standard InChI is InChI=1S/C14H23NO/c1-5-7-13(8-6-2)14(16-4)9-11-15(3)12-10-14/h5-8H,1,9-12H2,2-4H3/b8-6-,13-7?. The molecule has 0 aromatic rings. The topological polar surface area (TPSA) is 12.5 Å². The third-order valence-electron chi connectivity index (χ3n) is 3.36. The summed E-state index contributed by atoms with van der Waals surface area (Å²) in [4.78, 5) is 2.35. The average molecular weight is 221 g/mol. The Hall–Kier alpha value is -0.860. The molecule has 0 N–H and O–H groups in total. The summed E-state index contributed by atoms with van der Waals surface area (Å²) in [5.74, 6) is 0. The lowest BCUT2D eigenvalue weighted by Gasteiger charge is -2.40. The number of hydrogen-bond donors (Lipinski definition) is 0. The van der Waals surface area contributed by atoms with Gasteiger partial charge in [0.2, 0.25) is 0 Å². The first-order valence-electron chi connectivity index (χ1n) is 5.88. The Labute approximate surface area is 99.3 Å². The lowest BCUT2D eigenvalue weighted by Crippen LogP contribution is -2.45. The van der Waals surface area contributed by atoms with Gasteiger partial charge >= 0.3 is 0 Å². The van der Waals surface area contributed by atoms with E-state index in [2.05, 4.69) is 36.8 Å². The van der Waals surface area contributed by atoms with E-state index in [4.69, 9.17) is 4.74 Å². The zero-order chi connectivity index (χ0) is 12.0. The fraction of sp³-hybridized carbons (Fsp3) is 0.571. The molecule has 0 aromatic carbocycles. The van der Waals surface area contributed by atoms with Crippen LogP contribution in [0.3, 0.4) is 0 Å². The van der Waals surface area contributed by atoms with Crippen LogP contribution in [0.4, 0.5) is 0 Å². The summed E-state index contributed by atoms with van der Waals surface area (Å²) in [6, 6.07) is 0. The number of likely N-dealkylation sites (tertiary alicyclic amines) is 1. The summed E-state index contributed by atoms with van der Waals surface area (Å²) in [6.45, 7) is 7.99. The Morgan fingerprint density at radius 2 is 2.00 bits per heavy atom. The number of rotatable bonds is 4. The van der Waals surface area contributed by atoms with Crippen LogP contribution in [0.25, 0.3) is 0 Å². The average Bonchev–Trinajstić information content (AvgIpc) is 2.31. The molecule has 1 heterocycles. The summed E-state index contributed by atoms with van der Waals surface area (Å²) in [5.41, 5.74) is 1.12. The van der Waals surface area contributed by atoms with Gasteiger partial charge < -0.3 is 9.64 Å². The molecule has 0 unspecified atom stereocenters. The van der Waals surface area contributed by atoms with Crippen molar-refractivity contribution in [3.05, 3.63) is 36.5 Å². The molecular formula is C14H23NO. The lowest BCUT2D eigenvalue weighted by atomic mass is 9.83. The van der Waals surface area contributed by atoms with Gasteiger partial charge in [0.25, 0.3) is 0 Å². The molecule has 0 radical (unpaired) electrons. The lowest BCUT2D eigenvalue weighted by molar-refractivity contribution is -0.0214. The van der Waals surface area contributed by atoms with Gasteiger partial charge in [0.15, 0.2) is 0 Å². The van der Waals surface area contributed by atoms with Gasteiger partial charge in [0.1, 0.15) is 0 Å². The summed E-state index contributed by atoms with van der Waals surface area (Å²) < 4.78 is 5.80. The van der Waals surface area contributed by atoms with E-state index in [1.54, 1.807) is 0 Å². The number of methoxy groups -OCH3 is 1. The summed E-state index contributed by atoms with van der Waals surface area (Å²) in [6.07, 6.45) is 10.2. The summed E-state index contributed by atoms with van der Waals surface area (Å²) in [5, 5.41) is 0. The molecule has 0 bridgehead atoms. The molecule has 90 valence electrons. The van der Waals surface area contributed by atoms with Crippen molar-refractivity contribution < 1.29 is 4.74 Å². The quantitative estimate of drug-likeness (QED) is 0.677. The number of ether oxygens (including phenoxy) is 1. The Morgan fingerprint density at radius 3 is 2.44 bits per heavy atom. The second kappa shape index (κ2) is 6.02. The van der Waals surface area contributed by atoms with Crippen molar-refractivity contribution in [1.29, 1.82) is 0 Å². The first kappa shape index (κ1) is 13.2. The van der Waals surface area contributed by atoms with E-state index in [-0.39, 0.29) is 5.60 Å². The second-order valence-electron chi connectivity index (χ2n) is 4.36. The van der Waals surface area contributed by atoms with Crippen LogP contribution in [0.1, 0.15) is 19.8 Å². The van der Waals surface area contributed by atoms with Crippen molar-refractivity contribution in [3.8, 4) is 0 Å². The van der Waals surface area contributed by atoms with Crippen LogP contribution in [-0.2, 0) is 4.74 Å². The molecular weight excluding hydrogens is 198 g/mol. The zero-order valence-corrected chi connectivity index (χ0v) is 10.7. The molecule has 2 heteroatoms. The fourth-order valence-electron chi connectivity index (χ4n) is 2.26. The monoisotopic (exact) mass is 221 g/mol. The maximum absolute atomic E-state index is 5.80. The SMILES string of the molecule is C=CC=C(/C=C\C)C1(OC)CCN(C)CC1. The van der Waals surface area contributed by atoms with Crippen LogP contribution in [0.15, 0.2) is 36.5 Å². The molecule has 0 spiro atoms. The molecule has 0 saturated carbocycles. The van der Waals surface area contributed by atoms with Crippen molar-refractivity contribution in [2.24, 2.45) is 0 Å². The maximum atomic E-state index is 5.80. The molecule has 1 fully saturated rings. The highest BCUT2D eigenvalue weighted by atomic mass is 16.5. The van der Waals surface area contributed by atoms with Crippen LogP contribution in [0, 0.1) is 0 Å². The van der Waals surface area contributed by atoms with Crippen LogP contribution in [0.2, 0.25) is 0 Å². The van der Waals surface area contributed by atoms with Crippen molar-refractivity contribution in [2.75, 3.05) is 27.2 Å². The van der Waals surface area contributed by atoms with E-state index in [0.717, 1.165) is 25.9 Å². The third kappa shape index (κ3) is 2.83. The minimum Gasteiger partial charge on any atom is -0.373 e. The van der Waals surface area contributed by atoms with Crippen molar-refractivity contribution in [1.82, 2.24) is 4.90 Å². The zero-order valence-electron chi connectivity index (χ0n) is 10.7. The van der Waals surface area contributed by atoms with Crippen molar-refractivity contribution in [2.45, 2.75) is 25.4 Å². The first-order chi connectivity index (χ1) is 7.68. The van der Waals surface area contributed by atoms with Gasteiger partial charge in [-0.1, -0.05) is 30.9 Å². The van der Waals surface area contributed by atoms with Crippen molar-refractivity contribution >= 4 is 0 Å². The number of nitrogens with zero attached hydrogens (tertiary/aromatic N) is 1. The molecule has 16 heavy (non-hydrogen) atoms. The fourth-order valence-corrected chi connectivity index (χ4v) is 2.26. The largest absolute Gasteiger partial charge is 0.373 e. The molecule has 2 nitrogen and oxygen atoms in total. The predicted molar refractivity (Wildman–Crippen MR) is 69.6 cm³/mol. The van der Waals surface area contributed by atoms with E-state index in [9.17, 15) is 0 Å². The number of hydrogen-bond acceptors (Lipinski definition) is 2. The summed E-state index contributed by atoms with van der Waals surface area (Å²) in [7, 11) is 3.97. The summed E-state index contributed by atoms with van der Waals surface area (Å²) >= 11 is 0. The van der Waals surface area contributed by atoms with E-state index in [1.807, 2.05) is 20.1 Å². The highest BCUT2D eigenvalue weighted by molar-refractivity contribution is 5.33. The molecule has 0 amide bonds. The van der Waals surface area contributed by atoms with E-state index >= 15 is 0 Å². The normalized spacial score (nSPS) is 22.6. The Morgan fingerprint density at radius 1 is 1.38 bits per heavy atom. The molecule has 0 aromatic heterocycles. The molecule has 1 aliphatic heterocycles. The molecule has 1 saturated heterocycles. The highest BCUT2D eigenvalue weighted by Crippen LogP contribution is 2.33. The number of allylic oxidation sites excluding steroid dienone is 3. The first-order valence-corrected chi connectivity index (χ1v) is 5.88. The molecule has 1 aliphatic rings. The van der Waals surface area contributed by atoms with Gasteiger partial charge in [-0.15, -0.1) is 0 Å². The van der Waals surface area contributed by atoms with E-state index in [1.165, 1.54) is 5.57 Å². The minimum absolute atomic E-state index is 0.118. The highest BCUT2D eigenvalue weighted by Gasteiger charge is 2.35. The van der Waals surface area contributed by atoms with Gasteiger partial charge in [-0.2, -0.15) is 0 Å². The van der Waals surface area contributed by atoms with Gasteiger partial charge in [-0.3, -0.25) is 0 Å². The Kier molecular flexibility index (Phi) is 4.97. The predicted octanol–water partition coefficient (Wildman–Crippen LogP) is 2.79. The van der Waals surface area contributed by atoms with Gasteiger partial charge in [0.05, 0.1) is 5.60 Å². The molecule has 1 rings (SSSR count). The smallest absolute Gasteiger partial charge is 0.0951 e. The molecule has 0 atom stereocenters. The number of piperidine rings is 1. The second-order valence-corrected chi connectivity index (χ2v) is 4.36. The Bertz CT molecular complexity index is 283. The maximum Gasteiger partial charge on any atom is 0.0951 e. The van der Waals surface area contributed by atoms with Crippen LogP contribution < -0.4 is 0 Å². The van der Waals surface area contributed by atoms with E-state index in [0.29, 0.717) is 0 Å². The van der Waals surface area contributed by atoms with Crippen molar-refractivity contribution in [3.63, 3.8) is 0 Å². The van der Waals surface area contributed by atoms with Crippen LogP contribution in [-0.4, -0.2) is 37.7 Å². The van der Waals surface area contributed by atoms with Crippen LogP contribution in [0.5, 0.6) is 0 Å². The van der Waals surface area contributed by atoms with Gasteiger partial charge in [-0.25, -0.2) is 0 Å². The van der Waals surface area contributed by atoms with Gasteiger partial charge in [0, 0.05) is 20.2 Å².